The van der Waals surface area contributed by atoms with Crippen molar-refractivity contribution in [1.82, 2.24) is 8.75 Å². The highest BCUT2D eigenvalue weighted by atomic mass is 35.5. The molecule has 0 saturated heterocycles. The molecule has 0 atom stereocenters. The molecular weight excluding hydrogens is 224 g/mol. The van der Waals surface area contributed by atoms with Crippen LogP contribution in [0.5, 0.6) is 0 Å². The molecule has 0 bridgehead atoms. The van der Waals surface area contributed by atoms with Crippen LogP contribution in [-0.4, -0.2) is 14.0 Å². The van der Waals surface area contributed by atoms with Gasteiger partial charge in [-0.15, -0.1) is 0 Å². The second-order valence-electron chi connectivity index (χ2n) is 3.24. The zero-order chi connectivity index (χ0) is 9.10. The van der Waals surface area contributed by atoms with Crippen LogP contribution in [-0.2, 0) is 0 Å². The first-order valence-electron chi connectivity index (χ1n) is 4.51. The summed E-state index contributed by atoms with van der Waals surface area (Å²) in [6.07, 6.45) is 6.71. The van der Waals surface area contributed by atoms with Crippen molar-refractivity contribution in [2.24, 2.45) is 0 Å². The fraction of sp³-hybridized carbons (Fsp3) is 0.750. The normalized spacial score (nSPS) is 19.2. The number of thioether (sulfide) groups is 1. The number of rotatable bonds is 2. The van der Waals surface area contributed by atoms with Crippen LogP contribution in [0.1, 0.15) is 32.1 Å². The number of hydrogen-bond donors (Lipinski definition) is 0. The van der Waals surface area contributed by atoms with E-state index in [4.69, 9.17) is 11.6 Å². The Bertz CT molecular complexity index is 271. The molecule has 1 saturated carbocycles. The quantitative estimate of drug-likeness (QED) is 0.782. The molecule has 2 rings (SSSR count). The van der Waals surface area contributed by atoms with Gasteiger partial charge in [0, 0.05) is 5.25 Å². The van der Waals surface area contributed by atoms with Gasteiger partial charge in [0.15, 0.2) is 5.15 Å². The van der Waals surface area contributed by atoms with Gasteiger partial charge < -0.3 is 0 Å². The molecule has 0 aliphatic heterocycles. The molecule has 72 valence electrons. The van der Waals surface area contributed by atoms with E-state index in [9.17, 15) is 0 Å². The summed E-state index contributed by atoms with van der Waals surface area (Å²) < 4.78 is 8.13. The Morgan fingerprint density at radius 2 is 2.00 bits per heavy atom. The lowest BCUT2D eigenvalue weighted by atomic mass is 10.0. The average Bonchev–Trinajstić information content (AvgIpc) is 2.54. The maximum absolute atomic E-state index is 5.87. The second kappa shape index (κ2) is 4.62. The predicted molar refractivity (Wildman–Crippen MR) is 57.6 cm³/mol. The Hall–Kier alpha value is 0.200. The lowest BCUT2D eigenvalue weighted by Gasteiger charge is -2.19. The molecule has 1 aromatic rings. The summed E-state index contributed by atoms with van der Waals surface area (Å²) in [6.45, 7) is 0. The summed E-state index contributed by atoms with van der Waals surface area (Å²) in [4.78, 5) is 0. The third-order valence-electron chi connectivity index (χ3n) is 2.25. The molecule has 2 nitrogen and oxygen atoms in total. The van der Waals surface area contributed by atoms with Crippen LogP contribution in [0.3, 0.4) is 0 Å². The standard InChI is InChI=1S/C8H11ClN2S2/c9-7-8(11-13-10-7)12-6-4-2-1-3-5-6/h6H,1-5H2. The van der Waals surface area contributed by atoms with Crippen LogP contribution < -0.4 is 0 Å². The van der Waals surface area contributed by atoms with Crippen molar-refractivity contribution in [1.29, 1.82) is 0 Å². The summed E-state index contributed by atoms with van der Waals surface area (Å²) in [5, 5.41) is 2.23. The van der Waals surface area contributed by atoms with E-state index in [-0.39, 0.29) is 0 Å². The van der Waals surface area contributed by atoms with Gasteiger partial charge in [0.1, 0.15) is 5.03 Å². The lowest BCUT2D eigenvalue weighted by molar-refractivity contribution is 0.516. The lowest BCUT2D eigenvalue weighted by Crippen LogP contribution is -2.07. The van der Waals surface area contributed by atoms with Gasteiger partial charge in [-0.25, -0.2) is 0 Å². The van der Waals surface area contributed by atoms with E-state index in [2.05, 4.69) is 8.75 Å². The smallest absolute Gasteiger partial charge is 0.165 e. The summed E-state index contributed by atoms with van der Waals surface area (Å²) in [5.74, 6) is 0. The molecule has 1 aromatic heterocycles. The Morgan fingerprint density at radius 3 is 2.62 bits per heavy atom. The van der Waals surface area contributed by atoms with E-state index in [1.165, 1.54) is 43.8 Å². The minimum absolute atomic E-state index is 0.584. The second-order valence-corrected chi connectivity index (χ2v) is 5.41. The highest BCUT2D eigenvalue weighted by Gasteiger charge is 2.17. The Labute approximate surface area is 91.4 Å². The molecule has 5 heteroatoms. The first-order valence-corrected chi connectivity index (χ1v) is 6.50. The molecule has 0 spiro atoms. The Morgan fingerprint density at radius 1 is 1.23 bits per heavy atom. The van der Waals surface area contributed by atoms with Gasteiger partial charge in [0.25, 0.3) is 0 Å². The van der Waals surface area contributed by atoms with Crippen LogP contribution in [0, 0.1) is 0 Å². The number of hydrogen-bond acceptors (Lipinski definition) is 4. The minimum atomic E-state index is 0.584. The minimum Gasteiger partial charge on any atom is -0.165 e. The molecule has 0 N–H and O–H groups in total. The molecular formula is C8H11ClN2S2. The van der Waals surface area contributed by atoms with Crippen LogP contribution in [0.25, 0.3) is 0 Å². The maximum Gasteiger partial charge on any atom is 0.176 e. The van der Waals surface area contributed by atoms with Crippen LogP contribution in [0.4, 0.5) is 0 Å². The molecule has 1 aliphatic rings. The van der Waals surface area contributed by atoms with E-state index in [0.717, 1.165) is 10.3 Å². The fourth-order valence-electron chi connectivity index (χ4n) is 1.58. The molecule has 13 heavy (non-hydrogen) atoms. The van der Waals surface area contributed by atoms with Crippen molar-refractivity contribution in [3.8, 4) is 0 Å². The fourth-order valence-corrected chi connectivity index (χ4v) is 3.62. The molecule has 0 amide bonds. The zero-order valence-electron chi connectivity index (χ0n) is 7.20. The van der Waals surface area contributed by atoms with E-state index in [0.29, 0.717) is 5.15 Å². The number of aromatic nitrogens is 2. The summed E-state index contributed by atoms with van der Waals surface area (Å²) in [7, 11) is 0. The van der Waals surface area contributed by atoms with E-state index in [1.807, 2.05) is 0 Å². The van der Waals surface area contributed by atoms with E-state index in [1.54, 1.807) is 11.8 Å². The summed E-state index contributed by atoms with van der Waals surface area (Å²) >= 11 is 8.88. The van der Waals surface area contributed by atoms with Gasteiger partial charge in [-0.3, -0.25) is 0 Å². The zero-order valence-corrected chi connectivity index (χ0v) is 9.59. The van der Waals surface area contributed by atoms with Crippen molar-refractivity contribution in [3.05, 3.63) is 5.15 Å². The van der Waals surface area contributed by atoms with Gasteiger partial charge in [-0.1, -0.05) is 42.6 Å². The van der Waals surface area contributed by atoms with Gasteiger partial charge in [0.05, 0.1) is 11.7 Å². The third kappa shape index (κ3) is 2.58. The van der Waals surface area contributed by atoms with Crippen LogP contribution >= 0.6 is 35.1 Å². The largest absolute Gasteiger partial charge is 0.176 e. The summed E-state index contributed by atoms with van der Waals surface area (Å²) in [5.41, 5.74) is 0. The average molecular weight is 235 g/mol. The SMILES string of the molecule is Clc1nsnc1SC1CCCCC1. The predicted octanol–water partition coefficient (Wildman–Crippen LogP) is 3.62. The van der Waals surface area contributed by atoms with Gasteiger partial charge in [0.2, 0.25) is 0 Å². The molecule has 0 unspecified atom stereocenters. The van der Waals surface area contributed by atoms with Crippen molar-refractivity contribution in [3.63, 3.8) is 0 Å². The van der Waals surface area contributed by atoms with Crippen molar-refractivity contribution >= 4 is 35.1 Å². The van der Waals surface area contributed by atoms with Crippen LogP contribution in [0.15, 0.2) is 5.03 Å². The molecule has 1 fully saturated rings. The van der Waals surface area contributed by atoms with Gasteiger partial charge in [-0.2, -0.15) is 8.75 Å². The van der Waals surface area contributed by atoms with Crippen LogP contribution in [0.2, 0.25) is 5.15 Å². The first-order chi connectivity index (χ1) is 6.36. The topological polar surface area (TPSA) is 25.8 Å². The molecule has 1 heterocycles. The van der Waals surface area contributed by atoms with Crippen molar-refractivity contribution in [2.75, 3.05) is 0 Å². The highest BCUT2D eigenvalue weighted by Crippen LogP contribution is 2.35. The molecule has 1 aliphatic carbocycles. The third-order valence-corrected chi connectivity index (χ3v) is 4.68. The Kier molecular flexibility index (Phi) is 3.46. The van der Waals surface area contributed by atoms with Gasteiger partial charge >= 0.3 is 0 Å². The molecule has 0 radical (unpaired) electrons. The monoisotopic (exact) mass is 234 g/mol. The van der Waals surface area contributed by atoms with E-state index < -0.39 is 0 Å². The van der Waals surface area contributed by atoms with E-state index >= 15 is 0 Å². The van der Waals surface area contributed by atoms with Crippen molar-refractivity contribution < 1.29 is 0 Å². The maximum atomic E-state index is 5.87. The van der Waals surface area contributed by atoms with Crippen molar-refractivity contribution in [2.45, 2.75) is 42.4 Å². The Balaban J connectivity index is 1.93. The first kappa shape index (κ1) is 9.74. The highest BCUT2D eigenvalue weighted by molar-refractivity contribution is 8.00. The van der Waals surface area contributed by atoms with Gasteiger partial charge in [-0.05, 0) is 12.8 Å². The molecule has 0 aromatic carbocycles. The number of halogens is 1. The number of nitrogens with zero attached hydrogens (tertiary/aromatic N) is 2. The summed E-state index contributed by atoms with van der Waals surface area (Å²) in [6, 6.07) is 0.